The molecule has 1 unspecified atom stereocenters. The third kappa shape index (κ3) is 3.82. The zero-order chi connectivity index (χ0) is 13.1. The van der Waals surface area contributed by atoms with Gasteiger partial charge in [0.2, 0.25) is 0 Å². The molecule has 1 aliphatic rings. The summed E-state index contributed by atoms with van der Waals surface area (Å²) in [5.41, 5.74) is 1.34. The van der Waals surface area contributed by atoms with Crippen LogP contribution in [0.3, 0.4) is 0 Å². The molecule has 1 heterocycles. The summed E-state index contributed by atoms with van der Waals surface area (Å²) in [4.78, 5) is 1.45. The van der Waals surface area contributed by atoms with Crippen molar-refractivity contribution in [3.63, 3.8) is 0 Å². The number of nitrogens with one attached hydrogen (secondary N) is 1. The summed E-state index contributed by atoms with van der Waals surface area (Å²) in [5.74, 6) is 0.512. The van der Waals surface area contributed by atoms with Gasteiger partial charge < -0.3 is 5.32 Å². The molecule has 19 heavy (non-hydrogen) atoms. The average molecular weight is 292 g/mol. The van der Waals surface area contributed by atoms with Gasteiger partial charge in [-0.05, 0) is 48.4 Å². The fourth-order valence-electron chi connectivity index (χ4n) is 2.34. The van der Waals surface area contributed by atoms with Gasteiger partial charge in [-0.2, -0.15) is 0 Å². The summed E-state index contributed by atoms with van der Waals surface area (Å²) in [6, 6.07) is 13.4. The molecule has 3 rings (SSSR count). The van der Waals surface area contributed by atoms with Crippen molar-refractivity contribution in [2.75, 3.05) is 6.54 Å². The van der Waals surface area contributed by atoms with E-state index in [1.807, 2.05) is 17.4 Å². The van der Waals surface area contributed by atoms with Crippen molar-refractivity contribution in [1.29, 1.82) is 0 Å². The maximum absolute atomic E-state index is 6.13. The quantitative estimate of drug-likeness (QED) is 0.827. The maximum atomic E-state index is 6.13. The second kappa shape index (κ2) is 6.08. The fraction of sp³-hybridized carbons (Fsp3) is 0.375. The van der Waals surface area contributed by atoms with Crippen LogP contribution in [-0.2, 0) is 6.42 Å². The van der Waals surface area contributed by atoms with Gasteiger partial charge in [-0.3, -0.25) is 0 Å². The summed E-state index contributed by atoms with van der Waals surface area (Å²) in [5, 5.41) is 6.63. The SMILES string of the molecule is Clc1cccc(C(CNC2CC2)Cc2cccs2)c1. The van der Waals surface area contributed by atoms with Gasteiger partial charge in [-0.15, -0.1) is 11.3 Å². The third-order valence-electron chi connectivity index (χ3n) is 3.58. The minimum Gasteiger partial charge on any atom is -0.313 e. The standard InChI is InChI=1S/C16H18ClNS/c17-14-4-1-3-12(9-14)13(11-18-15-6-7-15)10-16-5-2-8-19-16/h1-5,8-9,13,15,18H,6-7,10-11H2. The summed E-state index contributed by atoms with van der Waals surface area (Å²) in [6.07, 6.45) is 3.76. The Morgan fingerprint density at radius 1 is 1.26 bits per heavy atom. The van der Waals surface area contributed by atoms with Crippen LogP contribution < -0.4 is 5.32 Å². The third-order valence-corrected chi connectivity index (χ3v) is 4.71. The van der Waals surface area contributed by atoms with Gasteiger partial charge in [0, 0.05) is 28.4 Å². The van der Waals surface area contributed by atoms with Gasteiger partial charge in [0.1, 0.15) is 0 Å². The van der Waals surface area contributed by atoms with E-state index in [1.54, 1.807) is 0 Å². The van der Waals surface area contributed by atoms with Crippen LogP contribution in [0.5, 0.6) is 0 Å². The molecule has 1 fully saturated rings. The molecule has 100 valence electrons. The van der Waals surface area contributed by atoms with E-state index in [9.17, 15) is 0 Å². The Kier molecular flexibility index (Phi) is 4.21. The Hall–Kier alpha value is -0.830. The van der Waals surface area contributed by atoms with Crippen LogP contribution in [0.4, 0.5) is 0 Å². The first-order valence-electron chi connectivity index (χ1n) is 6.82. The first-order chi connectivity index (χ1) is 9.31. The Morgan fingerprint density at radius 2 is 2.16 bits per heavy atom. The molecule has 2 aromatic rings. The molecule has 0 radical (unpaired) electrons. The van der Waals surface area contributed by atoms with Gasteiger partial charge in [0.15, 0.2) is 0 Å². The average Bonchev–Trinajstić information content (AvgIpc) is 3.10. The van der Waals surface area contributed by atoms with Crippen molar-refractivity contribution < 1.29 is 0 Å². The van der Waals surface area contributed by atoms with E-state index in [1.165, 1.54) is 23.3 Å². The van der Waals surface area contributed by atoms with Crippen LogP contribution in [0.2, 0.25) is 5.02 Å². The summed E-state index contributed by atoms with van der Waals surface area (Å²) >= 11 is 7.97. The van der Waals surface area contributed by atoms with E-state index in [-0.39, 0.29) is 0 Å². The molecule has 1 aliphatic carbocycles. The van der Waals surface area contributed by atoms with E-state index >= 15 is 0 Å². The van der Waals surface area contributed by atoms with E-state index in [0.717, 1.165) is 24.0 Å². The first-order valence-corrected chi connectivity index (χ1v) is 8.08. The molecule has 1 aromatic heterocycles. The molecule has 0 aliphatic heterocycles. The normalized spacial score (nSPS) is 16.5. The highest BCUT2D eigenvalue weighted by Crippen LogP contribution is 2.27. The van der Waals surface area contributed by atoms with Crippen LogP contribution in [0, 0.1) is 0 Å². The van der Waals surface area contributed by atoms with E-state index < -0.39 is 0 Å². The van der Waals surface area contributed by atoms with Crippen LogP contribution in [0.1, 0.15) is 29.2 Å². The number of benzene rings is 1. The zero-order valence-electron chi connectivity index (χ0n) is 10.8. The number of thiophene rings is 1. The molecule has 1 saturated carbocycles. The van der Waals surface area contributed by atoms with Gasteiger partial charge in [-0.1, -0.05) is 29.8 Å². The van der Waals surface area contributed by atoms with E-state index in [2.05, 4.69) is 41.0 Å². The van der Waals surface area contributed by atoms with Crippen LogP contribution >= 0.6 is 22.9 Å². The Bertz CT molecular complexity index is 519. The molecule has 1 aromatic carbocycles. The lowest BCUT2D eigenvalue weighted by atomic mass is 9.95. The van der Waals surface area contributed by atoms with Crippen LogP contribution in [0.25, 0.3) is 0 Å². The molecule has 1 nitrogen and oxygen atoms in total. The Balaban J connectivity index is 1.73. The minimum absolute atomic E-state index is 0.512. The Morgan fingerprint density at radius 3 is 2.84 bits per heavy atom. The molecule has 0 amide bonds. The molecule has 0 bridgehead atoms. The number of halogens is 1. The van der Waals surface area contributed by atoms with Gasteiger partial charge in [0.25, 0.3) is 0 Å². The molecular formula is C16H18ClNS. The van der Waals surface area contributed by atoms with Gasteiger partial charge in [0.05, 0.1) is 0 Å². The van der Waals surface area contributed by atoms with Crippen LogP contribution in [-0.4, -0.2) is 12.6 Å². The zero-order valence-corrected chi connectivity index (χ0v) is 12.4. The topological polar surface area (TPSA) is 12.0 Å². The lowest BCUT2D eigenvalue weighted by molar-refractivity contribution is 0.580. The lowest BCUT2D eigenvalue weighted by Gasteiger charge is -2.18. The predicted octanol–water partition coefficient (Wildman–Crippen LogP) is 4.48. The van der Waals surface area contributed by atoms with Crippen molar-refractivity contribution in [3.05, 3.63) is 57.2 Å². The Labute approximate surface area is 123 Å². The first kappa shape index (κ1) is 13.2. The summed E-state index contributed by atoms with van der Waals surface area (Å²) in [7, 11) is 0. The predicted molar refractivity (Wildman–Crippen MR) is 83.2 cm³/mol. The number of hydrogen-bond acceptors (Lipinski definition) is 2. The van der Waals surface area contributed by atoms with Crippen molar-refractivity contribution in [2.24, 2.45) is 0 Å². The van der Waals surface area contributed by atoms with Gasteiger partial charge in [-0.25, -0.2) is 0 Å². The highest BCUT2D eigenvalue weighted by Gasteiger charge is 2.22. The molecule has 0 spiro atoms. The molecule has 1 atom stereocenters. The van der Waals surface area contributed by atoms with E-state index in [4.69, 9.17) is 11.6 Å². The second-order valence-corrected chi connectivity index (χ2v) is 6.69. The number of hydrogen-bond donors (Lipinski definition) is 1. The number of rotatable bonds is 6. The molecule has 0 saturated heterocycles. The maximum Gasteiger partial charge on any atom is 0.0408 e. The van der Waals surface area contributed by atoms with E-state index in [0.29, 0.717) is 5.92 Å². The monoisotopic (exact) mass is 291 g/mol. The van der Waals surface area contributed by atoms with Crippen LogP contribution in [0.15, 0.2) is 41.8 Å². The second-order valence-electron chi connectivity index (χ2n) is 5.22. The van der Waals surface area contributed by atoms with Crippen molar-refractivity contribution in [3.8, 4) is 0 Å². The molecule has 3 heteroatoms. The van der Waals surface area contributed by atoms with Crippen molar-refractivity contribution >= 4 is 22.9 Å². The molecular weight excluding hydrogens is 274 g/mol. The smallest absolute Gasteiger partial charge is 0.0408 e. The molecule has 1 N–H and O–H groups in total. The lowest BCUT2D eigenvalue weighted by Crippen LogP contribution is -2.24. The highest BCUT2D eigenvalue weighted by atomic mass is 35.5. The highest BCUT2D eigenvalue weighted by molar-refractivity contribution is 7.09. The van der Waals surface area contributed by atoms with Gasteiger partial charge >= 0.3 is 0 Å². The fourth-order valence-corrected chi connectivity index (χ4v) is 3.32. The van der Waals surface area contributed by atoms with Crippen molar-refractivity contribution in [2.45, 2.75) is 31.2 Å². The summed E-state index contributed by atoms with van der Waals surface area (Å²) < 4.78 is 0. The largest absolute Gasteiger partial charge is 0.313 e. The minimum atomic E-state index is 0.512. The summed E-state index contributed by atoms with van der Waals surface area (Å²) in [6.45, 7) is 1.04. The van der Waals surface area contributed by atoms with Crippen molar-refractivity contribution in [1.82, 2.24) is 5.32 Å².